The molecule has 1 aromatic rings. The summed E-state index contributed by atoms with van der Waals surface area (Å²) in [4.78, 5) is 4.19. The molecule has 0 bridgehead atoms. The average Bonchev–Trinajstić information content (AvgIpc) is 2.25. The lowest BCUT2D eigenvalue weighted by atomic mass is 10.4. The topological polar surface area (TPSA) is 34.2 Å². The van der Waals surface area contributed by atoms with Gasteiger partial charge in [0.1, 0.15) is 6.10 Å². The van der Waals surface area contributed by atoms with Gasteiger partial charge in [-0.05, 0) is 31.0 Å². The van der Waals surface area contributed by atoms with Gasteiger partial charge < -0.3 is 4.74 Å². The van der Waals surface area contributed by atoms with Gasteiger partial charge in [0.15, 0.2) is 10.8 Å². The van der Waals surface area contributed by atoms with Crippen LogP contribution < -0.4 is 9.46 Å². The van der Waals surface area contributed by atoms with Crippen molar-refractivity contribution in [1.29, 1.82) is 0 Å². The Balaban J connectivity index is 2.31. The first kappa shape index (κ1) is 7.89. The van der Waals surface area contributed by atoms with Gasteiger partial charge in [-0.1, -0.05) is 0 Å². The van der Waals surface area contributed by atoms with E-state index in [2.05, 4.69) is 9.71 Å². The normalized spacial score (nSPS) is 22.2. The Kier molecular flexibility index (Phi) is 2.19. The van der Waals surface area contributed by atoms with Gasteiger partial charge in [0.2, 0.25) is 0 Å². The Morgan fingerprint density at radius 2 is 2.67 bits per heavy atom. The number of nitrogens with one attached hydrogen (secondary N) is 1. The van der Waals surface area contributed by atoms with Gasteiger partial charge in [0.05, 0.1) is 0 Å². The van der Waals surface area contributed by atoms with E-state index < -0.39 is 0 Å². The minimum absolute atomic E-state index is 0.211. The summed E-state index contributed by atoms with van der Waals surface area (Å²) in [6, 6.07) is 3.83. The van der Waals surface area contributed by atoms with E-state index >= 15 is 0 Å². The first-order chi connectivity index (χ1) is 5.86. The lowest BCUT2D eigenvalue weighted by molar-refractivity contribution is 0.223. The second-order valence-corrected chi connectivity index (χ2v) is 3.57. The first-order valence-electron chi connectivity index (χ1n) is 3.87. The number of hydrogen-bond acceptors (Lipinski definition) is 4. The summed E-state index contributed by atoms with van der Waals surface area (Å²) in [6.45, 7) is 2.89. The second-order valence-electron chi connectivity index (χ2n) is 2.69. The molecule has 0 amide bonds. The van der Waals surface area contributed by atoms with Crippen LogP contribution in [0.2, 0.25) is 0 Å². The van der Waals surface area contributed by atoms with Crippen LogP contribution >= 0.6 is 11.9 Å². The van der Waals surface area contributed by atoms with Gasteiger partial charge in [0, 0.05) is 12.7 Å². The highest BCUT2D eigenvalue weighted by molar-refractivity contribution is 7.97. The molecule has 0 aromatic carbocycles. The van der Waals surface area contributed by atoms with Gasteiger partial charge in [-0.3, -0.25) is 4.72 Å². The van der Waals surface area contributed by atoms with E-state index in [4.69, 9.17) is 4.74 Å². The predicted octanol–water partition coefficient (Wildman–Crippen LogP) is 1.46. The molecule has 0 saturated heterocycles. The van der Waals surface area contributed by atoms with Crippen molar-refractivity contribution in [2.75, 3.05) is 6.54 Å². The van der Waals surface area contributed by atoms with E-state index in [1.165, 1.54) is 11.9 Å². The summed E-state index contributed by atoms with van der Waals surface area (Å²) in [5.41, 5.74) is 0. The minimum atomic E-state index is 0.211. The zero-order chi connectivity index (χ0) is 8.39. The third kappa shape index (κ3) is 1.54. The van der Waals surface area contributed by atoms with Crippen LogP contribution in [0.4, 0.5) is 0 Å². The molecular weight excluding hydrogens is 172 g/mol. The molecule has 0 spiro atoms. The molecule has 1 N–H and O–H groups in total. The lowest BCUT2D eigenvalue weighted by Gasteiger charge is -2.09. The van der Waals surface area contributed by atoms with Crippen LogP contribution in [0.5, 0.6) is 5.75 Å². The summed E-state index contributed by atoms with van der Waals surface area (Å²) in [5, 5.41) is 0.918. The Morgan fingerprint density at radius 1 is 1.75 bits per heavy atom. The second kappa shape index (κ2) is 3.33. The zero-order valence-electron chi connectivity index (χ0n) is 6.78. The molecule has 1 aromatic heterocycles. The summed E-state index contributed by atoms with van der Waals surface area (Å²) < 4.78 is 8.79. The SMILES string of the molecule is CC1CNSc2ncccc2O1. The van der Waals surface area contributed by atoms with Crippen molar-refractivity contribution in [2.24, 2.45) is 0 Å². The van der Waals surface area contributed by atoms with Crippen molar-refractivity contribution >= 4 is 11.9 Å². The molecule has 4 heteroatoms. The lowest BCUT2D eigenvalue weighted by Crippen LogP contribution is -2.22. The van der Waals surface area contributed by atoms with Gasteiger partial charge in [0.25, 0.3) is 0 Å². The molecule has 1 aliphatic rings. The van der Waals surface area contributed by atoms with E-state index in [1.807, 2.05) is 19.1 Å². The molecule has 0 fully saturated rings. The number of pyridine rings is 1. The molecule has 1 unspecified atom stereocenters. The monoisotopic (exact) mass is 182 g/mol. The summed E-state index contributed by atoms with van der Waals surface area (Å²) in [5.74, 6) is 0.875. The number of fused-ring (bicyclic) bond motifs is 1. The van der Waals surface area contributed by atoms with E-state index in [0.29, 0.717) is 0 Å². The molecule has 1 aliphatic heterocycles. The smallest absolute Gasteiger partial charge is 0.153 e. The van der Waals surface area contributed by atoms with Gasteiger partial charge >= 0.3 is 0 Å². The van der Waals surface area contributed by atoms with Crippen LogP contribution in [0, 0.1) is 0 Å². The highest BCUT2D eigenvalue weighted by atomic mass is 32.2. The number of ether oxygens (including phenoxy) is 1. The van der Waals surface area contributed by atoms with Crippen molar-refractivity contribution in [3.05, 3.63) is 18.3 Å². The molecule has 1 atom stereocenters. The maximum absolute atomic E-state index is 5.61. The zero-order valence-corrected chi connectivity index (χ0v) is 7.60. The maximum Gasteiger partial charge on any atom is 0.153 e. The number of aromatic nitrogens is 1. The third-order valence-corrected chi connectivity index (χ3v) is 2.41. The fourth-order valence-electron chi connectivity index (χ4n) is 1.03. The predicted molar refractivity (Wildman–Crippen MR) is 48.2 cm³/mol. The fraction of sp³-hybridized carbons (Fsp3) is 0.375. The Morgan fingerprint density at radius 3 is 3.58 bits per heavy atom. The van der Waals surface area contributed by atoms with Crippen molar-refractivity contribution in [2.45, 2.75) is 18.1 Å². The molecule has 0 saturated carbocycles. The minimum Gasteiger partial charge on any atom is -0.486 e. The molecule has 2 heterocycles. The van der Waals surface area contributed by atoms with Gasteiger partial charge in [-0.25, -0.2) is 4.98 Å². The molecule has 3 nitrogen and oxygen atoms in total. The third-order valence-electron chi connectivity index (χ3n) is 1.60. The van der Waals surface area contributed by atoms with Crippen molar-refractivity contribution < 1.29 is 4.74 Å². The number of hydrogen-bond donors (Lipinski definition) is 1. The van der Waals surface area contributed by atoms with E-state index in [0.717, 1.165) is 17.3 Å². The summed E-state index contributed by atoms with van der Waals surface area (Å²) >= 11 is 1.53. The van der Waals surface area contributed by atoms with Crippen molar-refractivity contribution in [1.82, 2.24) is 9.71 Å². The average molecular weight is 182 g/mol. The fourth-order valence-corrected chi connectivity index (χ4v) is 1.81. The van der Waals surface area contributed by atoms with Crippen molar-refractivity contribution in [3.8, 4) is 5.75 Å². The van der Waals surface area contributed by atoms with Crippen LogP contribution in [0.1, 0.15) is 6.92 Å². The quantitative estimate of drug-likeness (QED) is 0.616. The number of rotatable bonds is 0. The Labute approximate surface area is 75.7 Å². The van der Waals surface area contributed by atoms with Gasteiger partial charge in [-0.15, -0.1) is 0 Å². The maximum atomic E-state index is 5.61. The van der Waals surface area contributed by atoms with Crippen LogP contribution in [-0.4, -0.2) is 17.6 Å². The van der Waals surface area contributed by atoms with E-state index in [9.17, 15) is 0 Å². The molecule has 2 rings (SSSR count). The molecular formula is C8H10N2OS. The van der Waals surface area contributed by atoms with Crippen LogP contribution in [0.3, 0.4) is 0 Å². The van der Waals surface area contributed by atoms with E-state index in [-0.39, 0.29) is 6.10 Å². The Bertz CT molecular complexity index is 280. The first-order valence-corrected chi connectivity index (χ1v) is 4.69. The standard InChI is InChI=1S/C8H10N2OS/c1-6-5-10-12-8-7(11-6)3-2-4-9-8/h2-4,6,10H,5H2,1H3. The number of nitrogens with zero attached hydrogens (tertiary/aromatic N) is 1. The summed E-state index contributed by atoms with van der Waals surface area (Å²) in [7, 11) is 0. The van der Waals surface area contributed by atoms with Crippen LogP contribution in [-0.2, 0) is 0 Å². The van der Waals surface area contributed by atoms with Crippen LogP contribution in [0.25, 0.3) is 0 Å². The van der Waals surface area contributed by atoms with E-state index in [1.54, 1.807) is 6.20 Å². The molecule has 0 radical (unpaired) electrons. The Hall–Kier alpha value is -0.740. The molecule has 64 valence electrons. The molecule has 12 heavy (non-hydrogen) atoms. The van der Waals surface area contributed by atoms with Gasteiger partial charge in [-0.2, -0.15) is 0 Å². The summed E-state index contributed by atoms with van der Waals surface area (Å²) in [6.07, 6.45) is 1.98. The largest absolute Gasteiger partial charge is 0.486 e. The van der Waals surface area contributed by atoms with Crippen LogP contribution in [0.15, 0.2) is 23.4 Å². The highest BCUT2D eigenvalue weighted by Crippen LogP contribution is 2.27. The highest BCUT2D eigenvalue weighted by Gasteiger charge is 2.13. The molecule has 0 aliphatic carbocycles. The van der Waals surface area contributed by atoms with Crippen molar-refractivity contribution in [3.63, 3.8) is 0 Å².